The van der Waals surface area contributed by atoms with Gasteiger partial charge in [0.1, 0.15) is 0 Å². The Morgan fingerprint density at radius 2 is 2.18 bits per heavy atom. The quantitative estimate of drug-likeness (QED) is 0.611. The van der Waals surface area contributed by atoms with Crippen LogP contribution < -0.4 is 0 Å². The summed E-state index contributed by atoms with van der Waals surface area (Å²) in [7, 11) is 0. The molecular formula is C10H13F. The third-order valence-electron chi connectivity index (χ3n) is 1.84. The maximum absolute atomic E-state index is 12.2. The molecule has 0 bridgehead atoms. The fourth-order valence-corrected chi connectivity index (χ4v) is 1.07. The predicted octanol–water partition coefficient (Wildman–Crippen LogP) is 3.07. The van der Waals surface area contributed by atoms with Crippen molar-refractivity contribution in [3.8, 4) is 0 Å². The molecule has 1 rings (SSSR count). The first-order valence-corrected chi connectivity index (χ1v) is 3.86. The van der Waals surface area contributed by atoms with Gasteiger partial charge in [-0.3, -0.25) is 4.39 Å². The van der Waals surface area contributed by atoms with Crippen LogP contribution in [0.2, 0.25) is 0 Å². The molecule has 0 amide bonds. The van der Waals surface area contributed by atoms with E-state index in [0.717, 1.165) is 5.56 Å². The van der Waals surface area contributed by atoms with Crippen LogP contribution in [0.25, 0.3) is 0 Å². The van der Waals surface area contributed by atoms with Gasteiger partial charge in [0.15, 0.2) is 0 Å². The van der Waals surface area contributed by atoms with Crippen LogP contribution in [0.5, 0.6) is 0 Å². The Hall–Kier alpha value is -0.850. The highest BCUT2D eigenvalue weighted by Crippen LogP contribution is 2.16. The van der Waals surface area contributed by atoms with E-state index in [1.54, 1.807) is 0 Å². The second-order valence-corrected chi connectivity index (χ2v) is 2.97. The molecule has 0 N–H and O–H groups in total. The topological polar surface area (TPSA) is 0 Å². The Morgan fingerprint density at radius 3 is 2.73 bits per heavy atom. The summed E-state index contributed by atoms with van der Waals surface area (Å²) in [5.41, 5.74) is 2.29. The van der Waals surface area contributed by atoms with E-state index in [2.05, 4.69) is 0 Å². The first kappa shape index (κ1) is 8.25. The lowest BCUT2D eigenvalue weighted by Gasteiger charge is -2.06. The Labute approximate surface area is 67.1 Å². The van der Waals surface area contributed by atoms with Gasteiger partial charge in [-0.15, -0.1) is 0 Å². The standard InChI is InChI=1S/C10H13F/c1-8-4-3-5-10(6-8)9(2)7-11/h3-6,9H,7H2,1-2H3/t9-/m1/s1. The van der Waals surface area contributed by atoms with Gasteiger partial charge in [0, 0.05) is 5.92 Å². The van der Waals surface area contributed by atoms with Crippen LogP contribution in [0.3, 0.4) is 0 Å². The van der Waals surface area contributed by atoms with E-state index in [0.29, 0.717) is 0 Å². The highest BCUT2D eigenvalue weighted by molar-refractivity contribution is 5.24. The molecule has 0 nitrogen and oxygen atoms in total. The van der Waals surface area contributed by atoms with Gasteiger partial charge in [-0.2, -0.15) is 0 Å². The highest BCUT2D eigenvalue weighted by atomic mass is 19.1. The van der Waals surface area contributed by atoms with Gasteiger partial charge < -0.3 is 0 Å². The van der Waals surface area contributed by atoms with Gasteiger partial charge in [0.2, 0.25) is 0 Å². The maximum Gasteiger partial charge on any atom is 0.0960 e. The second-order valence-electron chi connectivity index (χ2n) is 2.97. The van der Waals surface area contributed by atoms with Crippen molar-refractivity contribution in [1.82, 2.24) is 0 Å². The van der Waals surface area contributed by atoms with Crippen LogP contribution >= 0.6 is 0 Å². The minimum atomic E-state index is -0.274. The summed E-state index contributed by atoms with van der Waals surface area (Å²) < 4.78 is 12.2. The predicted molar refractivity (Wildman–Crippen MR) is 45.6 cm³/mol. The summed E-state index contributed by atoms with van der Waals surface area (Å²) in [5.74, 6) is 0.0369. The lowest BCUT2D eigenvalue weighted by Crippen LogP contribution is -1.94. The summed E-state index contributed by atoms with van der Waals surface area (Å²) in [5, 5.41) is 0. The fourth-order valence-electron chi connectivity index (χ4n) is 1.07. The lowest BCUT2D eigenvalue weighted by atomic mass is 10.0. The van der Waals surface area contributed by atoms with Crippen LogP contribution in [0.15, 0.2) is 24.3 Å². The molecular weight excluding hydrogens is 139 g/mol. The molecule has 0 saturated carbocycles. The zero-order valence-electron chi connectivity index (χ0n) is 6.97. The number of halogens is 1. The van der Waals surface area contributed by atoms with E-state index in [1.165, 1.54) is 5.56 Å². The molecule has 0 aliphatic carbocycles. The van der Waals surface area contributed by atoms with E-state index in [9.17, 15) is 4.39 Å². The highest BCUT2D eigenvalue weighted by Gasteiger charge is 2.03. The molecule has 0 radical (unpaired) electrons. The molecule has 0 saturated heterocycles. The van der Waals surface area contributed by atoms with E-state index in [1.807, 2.05) is 38.1 Å². The molecule has 0 aliphatic rings. The first-order chi connectivity index (χ1) is 5.24. The summed E-state index contributed by atoms with van der Waals surface area (Å²) in [6.07, 6.45) is 0. The molecule has 0 heterocycles. The van der Waals surface area contributed by atoms with Gasteiger partial charge in [-0.1, -0.05) is 36.8 Å². The summed E-state index contributed by atoms with van der Waals surface area (Å²) in [4.78, 5) is 0. The lowest BCUT2D eigenvalue weighted by molar-refractivity contribution is 0.447. The van der Waals surface area contributed by atoms with E-state index in [-0.39, 0.29) is 12.6 Å². The minimum Gasteiger partial charge on any atom is -0.250 e. The number of alkyl halides is 1. The minimum absolute atomic E-state index is 0.0369. The van der Waals surface area contributed by atoms with E-state index < -0.39 is 0 Å². The second kappa shape index (κ2) is 3.51. The normalized spacial score (nSPS) is 13.0. The Kier molecular flexibility index (Phi) is 2.64. The third kappa shape index (κ3) is 2.04. The summed E-state index contributed by atoms with van der Waals surface area (Å²) >= 11 is 0. The molecule has 1 heteroatoms. The molecule has 0 aromatic heterocycles. The van der Waals surface area contributed by atoms with Crippen LogP contribution in [0, 0.1) is 6.92 Å². The Bertz CT molecular complexity index is 230. The van der Waals surface area contributed by atoms with Gasteiger partial charge in [-0.25, -0.2) is 0 Å². The average molecular weight is 152 g/mol. The zero-order valence-corrected chi connectivity index (χ0v) is 6.97. The molecule has 1 aromatic carbocycles. The van der Waals surface area contributed by atoms with Gasteiger partial charge in [0.05, 0.1) is 6.67 Å². The molecule has 0 aliphatic heterocycles. The van der Waals surface area contributed by atoms with Crippen molar-refractivity contribution < 1.29 is 4.39 Å². The van der Waals surface area contributed by atoms with Gasteiger partial charge >= 0.3 is 0 Å². The van der Waals surface area contributed by atoms with Crippen LogP contribution in [-0.4, -0.2) is 6.67 Å². The molecule has 0 spiro atoms. The SMILES string of the molecule is Cc1cccc([C@H](C)CF)c1. The number of hydrogen-bond donors (Lipinski definition) is 0. The van der Waals surface area contributed by atoms with E-state index in [4.69, 9.17) is 0 Å². The van der Waals surface area contributed by atoms with Crippen molar-refractivity contribution in [3.05, 3.63) is 35.4 Å². The molecule has 1 atom stereocenters. The third-order valence-corrected chi connectivity index (χ3v) is 1.84. The molecule has 0 unspecified atom stereocenters. The molecule has 60 valence electrons. The van der Waals surface area contributed by atoms with Crippen molar-refractivity contribution in [1.29, 1.82) is 0 Å². The number of benzene rings is 1. The number of rotatable bonds is 2. The average Bonchev–Trinajstić information content (AvgIpc) is 2.03. The van der Waals surface area contributed by atoms with Crippen molar-refractivity contribution in [2.24, 2.45) is 0 Å². The largest absolute Gasteiger partial charge is 0.250 e. The summed E-state index contributed by atoms with van der Waals surface area (Å²) in [6.45, 7) is 3.65. The molecule has 0 fully saturated rings. The number of hydrogen-bond acceptors (Lipinski definition) is 0. The fraction of sp³-hybridized carbons (Fsp3) is 0.400. The van der Waals surface area contributed by atoms with Crippen LogP contribution in [0.4, 0.5) is 4.39 Å². The zero-order chi connectivity index (χ0) is 8.27. The van der Waals surface area contributed by atoms with Crippen LogP contribution in [-0.2, 0) is 0 Å². The van der Waals surface area contributed by atoms with Gasteiger partial charge in [-0.05, 0) is 12.5 Å². The van der Waals surface area contributed by atoms with Crippen molar-refractivity contribution >= 4 is 0 Å². The number of aryl methyl sites for hydroxylation is 1. The Balaban J connectivity index is 2.86. The first-order valence-electron chi connectivity index (χ1n) is 3.86. The van der Waals surface area contributed by atoms with E-state index >= 15 is 0 Å². The maximum atomic E-state index is 12.2. The Morgan fingerprint density at radius 1 is 1.45 bits per heavy atom. The van der Waals surface area contributed by atoms with Crippen molar-refractivity contribution in [2.45, 2.75) is 19.8 Å². The van der Waals surface area contributed by atoms with Gasteiger partial charge in [0.25, 0.3) is 0 Å². The monoisotopic (exact) mass is 152 g/mol. The molecule has 11 heavy (non-hydrogen) atoms. The van der Waals surface area contributed by atoms with Crippen molar-refractivity contribution in [3.63, 3.8) is 0 Å². The smallest absolute Gasteiger partial charge is 0.0960 e. The molecule has 1 aromatic rings. The summed E-state index contributed by atoms with van der Waals surface area (Å²) in [6, 6.07) is 7.99. The van der Waals surface area contributed by atoms with Crippen molar-refractivity contribution in [2.75, 3.05) is 6.67 Å². The van der Waals surface area contributed by atoms with Crippen LogP contribution in [0.1, 0.15) is 24.0 Å².